The van der Waals surface area contributed by atoms with Crippen LogP contribution in [0.4, 0.5) is 0 Å². The second-order valence-electron chi connectivity index (χ2n) is 4.16. The third-order valence-electron chi connectivity index (χ3n) is 2.50. The summed E-state index contributed by atoms with van der Waals surface area (Å²) in [6.07, 6.45) is 3.29. The van der Waals surface area contributed by atoms with Crippen molar-refractivity contribution in [3.05, 3.63) is 47.2 Å². The van der Waals surface area contributed by atoms with E-state index in [9.17, 15) is 4.79 Å². The molecule has 0 radical (unpaired) electrons. The minimum Gasteiger partial charge on any atom is -0.360 e. The number of benzene rings is 1. The van der Waals surface area contributed by atoms with E-state index in [0.717, 1.165) is 16.5 Å². The summed E-state index contributed by atoms with van der Waals surface area (Å²) in [6.45, 7) is 3.76. The van der Waals surface area contributed by atoms with Crippen LogP contribution in [0, 0.1) is 11.3 Å². The molecule has 0 atom stereocenters. The second kappa shape index (κ2) is 4.26. The lowest BCUT2D eigenvalue weighted by molar-refractivity contribution is 0.104. The first kappa shape index (κ1) is 11.2. The van der Waals surface area contributed by atoms with Gasteiger partial charge in [-0.2, -0.15) is 5.26 Å². The molecule has 1 N–H and O–H groups in total. The Balaban J connectivity index is 2.59. The van der Waals surface area contributed by atoms with Crippen LogP contribution >= 0.6 is 0 Å². The van der Waals surface area contributed by atoms with Crippen LogP contribution in [0.2, 0.25) is 0 Å². The quantitative estimate of drug-likeness (QED) is 0.629. The smallest absolute Gasteiger partial charge is 0.187 e. The Hall–Kier alpha value is -2.34. The van der Waals surface area contributed by atoms with E-state index < -0.39 is 0 Å². The summed E-state index contributed by atoms with van der Waals surface area (Å²) < 4.78 is 0. The van der Waals surface area contributed by atoms with Gasteiger partial charge in [-0.15, -0.1) is 0 Å². The number of nitriles is 1. The summed E-state index contributed by atoms with van der Waals surface area (Å²) in [7, 11) is 0. The van der Waals surface area contributed by atoms with E-state index in [1.807, 2.05) is 19.9 Å². The Bertz CT molecular complexity index is 652. The molecule has 0 spiro atoms. The number of hydrogen-bond donors (Lipinski definition) is 1. The van der Waals surface area contributed by atoms with E-state index in [2.05, 4.69) is 11.1 Å². The minimum absolute atomic E-state index is 0.0358. The zero-order valence-corrected chi connectivity index (χ0v) is 9.74. The molecule has 0 unspecified atom stereocenters. The highest BCUT2D eigenvalue weighted by Crippen LogP contribution is 2.20. The summed E-state index contributed by atoms with van der Waals surface area (Å²) >= 11 is 0. The highest BCUT2D eigenvalue weighted by Gasteiger charge is 2.10. The average molecular weight is 224 g/mol. The Morgan fingerprint density at radius 1 is 1.41 bits per heavy atom. The van der Waals surface area contributed by atoms with Crippen molar-refractivity contribution in [2.24, 2.45) is 0 Å². The molecule has 84 valence electrons. The number of nitrogens with one attached hydrogen (secondary N) is 1. The minimum atomic E-state index is -0.0358. The Morgan fingerprint density at radius 2 is 2.18 bits per heavy atom. The Labute approximate surface area is 99.4 Å². The van der Waals surface area contributed by atoms with Gasteiger partial charge in [-0.25, -0.2) is 0 Å². The van der Waals surface area contributed by atoms with Gasteiger partial charge in [0, 0.05) is 22.7 Å². The third kappa shape index (κ3) is 2.11. The predicted octanol–water partition coefficient (Wildman–Crippen LogP) is 3.19. The molecule has 1 aromatic carbocycles. The fourth-order valence-electron chi connectivity index (χ4n) is 1.73. The molecular formula is C14H12N2O. The van der Waals surface area contributed by atoms with Crippen LogP contribution in [0.5, 0.6) is 0 Å². The SMILES string of the molecule is CC(C)=CC(=O)c1c[nH]c2ccc(C#N)cc12. The van der Waals surface area contributed by atoms with Crippen molar-refractivity contribution in [2.45, 2.75) is 13.8 Å². The van der Waals surface area contributed by atoms with E-state index in [-0.39, 0.29) is 5.78 Å². The van der Waals surface area contributed by atoms with Gasteiger partial charge in [0.05, 0.1) is 11.6 Å². The van der Waals surface area contributed by atoms with Crippen LogP contribution in [-0.4, -0.2) is 10.8 Å². The van der Waals surface area contributed by atoms with E-state index in [0.29, 0.717) is 11.1 Å². The van der Waals surface area contributed by atoms with Crippen molar-refractivity contribution in [1.29, 1.82) is 5.26 Å². The number of carbonyl (C=O) groups is 1. The molecule has 0 bridgehead atoms. The lowest BCUT2D eigenvalue weighted by atomic mass is 10.1. The van der Waals surface area contributed by atoms with Gasteiger partial charge < -0.3 is 4.98 Å². The number of allylic oxidation sites excluding steroid dienone is 2. The number of ketones is 1. The molecule has 1 heterocycles. The summed E-state index contributed by atoms with van der Waals surface area (Å²) in [5.41, 5.74) is 3.00. The van der Waals surface area contributed by atoms with Crippen LogP contribution in [0.3, 0.4) is 0 Å². The molecule has 0 aliphatic rings. The molecule has 2 rings (SSSR count). The maximum Gasteiger partial charge on any atom is 0.187 e. The van der Waals surface area contributed by atoms with Gasteiger partial charge in [-0.05, 0) is 38.1 Å². The van der Waals surface area contributed by atoms with Gasteiger partial charge in [0.2, 0.25) is 0 Å². The van der Waals surface area contributed by atoms with E-state index in [4.69, 9.17) is 5.26 Å². The van der Waals surface area contributed by atoms with Gasteiger partial charge in [0.15, 0.2) is 5.78 Å². The molecule has 0 amide bonds. The van der Waals surface area contributed by atoms with Crippen molar-refractivity contribution in [3.63, 3.8) is 0 Å². The molecule has 0 aliphatic carbocycles. The predicted molar refractivity (Wildman–Crippen MR) is 66.8 cm³/mol. The van der Waals surface area contributed by atoms with Crippen LogP contribution in [0.15, 0.2) is 36.0 Å². The fourth-order valence-corrected chi connectivity index (χ4v) is 1.73. The first-order valence-corrected chi connectivity index (χ1v) is 5.32. The van der Waals surface area contributed by atoms with Gasteiger partial charge in [0.1, 0.15) is 0 Å². The molecule has 17 heavy (non-hydrogen) atoms. The zero-order valence-electron chi connectivity index (χ0n) is 9.74. The molecule has 0 aliphatic heterocycles. The summed E-state index contributed by atoms with van der Waals surface area (Å²) in [5, 5.41) is 9.65. The Morgan fingerprint density at radius 3 is 2.82 bits per heavy atom. The Kier molecular flexibility index (Phi) is 2.80. The lowest BCUT2D eigenvalue weighted by Crippen LogP contribution is -1.93. The van der Waals surface area contributed by atoms with Gasteiger partial charge in [-0.1, -0.05) is 5.57 Å². The first-order valence-electron chi connectivity index (χ1n) is 5.32. The molecule has 3 nitrogen and oxygen atoms in total. The topological polar surface area (TPSA) is 56.6 Å². The standard InChI is InChI=1S/C14H12N2O/c1-9(2)5-14(17)12-8-16-13-4-3-10(7-15)6-11(12)13/h3-6,8,16H,1-2H3. The average Bonchev–Trinajstić information content (AvgIpc) is 2.70. The van der Waals surface area contributed by atoms with Gasteiger partial charge >= 0.3 is 0 Å². The number of nitrogens with zero attached hydrogens (tertiary/aromatic N) is 1. The molecule has 0 fully saturated rings. The molecule has 0 saturated carbocycles. The second-order valence-corrected chi connectivity index (χ2v) is 4.16. The molecule has 2 aromatic rings. The highest BCUT2D eigenvalue weighted by molar-refractivity contribution is 6.13. The largest absolute Gasteiger partial charge is 0.360 e. The van der Waals surface area contributed by atoms with Crippen molar-refractivity contribution in [3.8, 4) is 6.07 Å². The summed E-state index contributed by atoms with van der Waals surface area (Å²) in [4.78, 5) is 15.0. The zero-order chi connectivity index (χ0) is 12.4. The highest BCUT2D eigenvalue weighted by atomic mass is 16.1. The third-order valence-corrected chi connectivity index (χ3v) is 2.50. The number of fused-ring (bicyclic) bond motifs is 1. The van der Waals surface area contributed by atoms with E-state index >= 15 is 0 Å². The van der Waals surface area contributed by atoms with E-state index in [1.165, 1.54) is 0 Å². The first-order chi connectivity index (χ1) is 8.11. The number of H-pyrrole nitrogens is 1. The van der Waals surface area contributed by atoms with Gasteiger partial charge in [0.25, 0.3) is 0 Å². The number of aromatic nitrogens is 1. The van der Waals surface area contributed by atoms with Crippen molar-refractivity contribution >= 4 is 16.7 Å². The molecule has 3 heteroatoms. The maximum atomic E-state index is 12.0. The lowest BCUT2D eigenvalue weighted by Gasteiger charge is -1.95. The van der Waals surface area contributed by atoms with E-state index in [1.54, 1.807) is 24.4 Å². The van der Waals surface area contributed by atoms with Gasteiger partial charge in [-0.3, -0.25) is 4.79 Å². The number of carbonyl (C=O) groups excluding carboxylic acids is 1. The van der Waals surface area contributed by atoms with Crippen molar-refractivity contribution in [1.82, 2.24) is 4.98 Å². The number of hydrogen-bond acceptors (Lipinski definition) is 2. The summed E-state index contributed by atoms with van der Waals surface area (Å²) in [5.74, 6) is -0.0358. The van der Waals surface area contributed by atoms with Crippen LogP contribution in [0.25, 0.3) is 10.9 Å². The maximum absolute atomic E-state index is 12.0. The molecular weight excluding hydrogens is 212 g/mol. The fraction of sp³-hybridized carbons (Fsp3) is 0.143. The van der Waals surface area contributed by atoms with Crippen molar-refractivity contribution in [2.75, 3.05) is 0 Å². The van der Waals surface area contributed by atoms with Crippen LogP contribution < -0.4 is 0 Å². The normalized spacial score (nSPS) is 9.94. The number of rotatable bonds is 2. The molecule has 0 saturated heterocycles. The molecule has 1 aromatic heterocycles. The van der Waals surface area contributed by atoms with Crippen LogP contribution in [-0.2, 0) is 0 Å². The monoisotopic (exact) mass is 224 g/mol. The van der Waals surface area contributed by atoms with Crippen LogP contribution in [0.1, 0.15) is 29.8 Å². The number of aromatic amines is 1. The summed E-state index contributed by atoms with van der Waals surface area (Å²) in [6, 6.07) is 7.35. The van der Waals surface area contributed by atoms with Crippen molar-refractivity contribution < 1.29 is 4.79 Å².